The lowest BCUT2D eigenvalue weighted by molar-refractivity contribution is 0.0652. The molecule has 0 radical (unpaired) electrons. The summed E-state index contributed by atoms with van der Waals surface area (Å²) in [5.74, 6) is -1.26. The van der Waals surface area contributed by atoms with Crippen LogP contribution in [0.15, 0.2) is 33.7 Å². The van der Waals surface area contributed by atoms with Gasteiger partial charge in [0.15, 0.2) is 0 Å². The van der Waals surface area contributed by atoms with Gasteiger partial charge in [0.2, 0.25) is 5.76 Å². The molecule has 1 heterocycles. The van der Waals surface area contributed by atoms with Crippen LogP contribution in [0.1, 0.15) is 10.6 Å². The number of hydrogen-bond donors (Lipinski definition) is 2. The van der Waals surface area contributed by atoms with Crippen molar-refractivity contribution < 1.29 is 19.5 Å². The molecule has 0 amide bonds. The van der Waals surface area contributed by atoms with Gasteiger partial charge in [-0.25, -0.2) is 4.79 Å². The quantitative estimate of drug-likeness (QED) is 0.815. The number of aromatic carboxylic acids is 1. The van der Waals surface area contributed by atoms with E-state index in [4.69, 9.17) is 5.11 Å². The molecule has 0 aliphatic rings. The van der Waals surface area contributed by atoms with Gasteiger partial charge < -0.3 is 14.7 Å². The monoisotopic (exact) mass is 251 g/mol. The fraction of sp³-hybridized carbons (Fsp3) is 0.0909. The lowest BCUT2D eigenvalue weighted by Crippen LogP contribution is -1.91. The molecule has 0 aliphatic heterocycles. The Bertz CT molecular complexity index is 564. The molecule has 0 saturated heterocycles. The van der Waals surface area contributed by atoms with Crippen molar-refractivity contribution >= 4 is 17.7 Å². The summed E-state index contributed by atoms with van der Waals surface area (Å²) in [5, 5.41) is 22.1. The molecule has 6 heteroatoms. The number of carboxylic acid groups (broad SMARTS) is 1. The smallest absolute Gasteiger partial charge is 0.374 e. The predicted molar refractivity (Wildman–Crippen MR) is 62.3 cm³/mol. The maximum atomic E-state index is 10.7. The van der Waals surface area contributed by atoms with Gasteiger partial charge in [0.25, 0.3) is 0 Å². The average molecular weight is 251 g/mol. The zero-order valence-electron chi connectivity index (χ0n) is 8.88. The van der Waals surface area contributed by atoms with Crippen molar-refractivity contribution in [3.63, 3.8) is 0 Å². The number of phenolic OH excluding ortho intramolecular Hbond substituents is 1. The normalized spacial score (nSPS) is 10.4. The van der Waals surface area contributed by atoms with Crippen molar-refractivity contribution in [2.24, 2.45) is 0 Å². The van der Waals surface area contributed by atoms with E-state index in [9.17, 15) is 9.90 Å². The van der Waals surface area contributed by atoms with Crippen LogP contribution in [-0.4, -0.2) is 27.6 Å². The van der Waals surface area contributed by atoms with Gasteiger partial charge in [0, 0.05) is 11.6 Å². The van der Waals surface area contributed by atoms with Gasteiger partial charge in [0.05, 0.1) is 4.90 Å². The van der Waals surface area contributed by atoms with Crippen LogP contribution in [0, 0.1) is 0 Å². The number of aromatic hydroxyl groups is 1. The molecule has 17 heavy (non-hydrogen) atoms. The number of aromatic nitrogens is 1. The third-order valence-corrected chi connectivity index (χ3v) is 3.03. The van der Waals surface area contributed by atoms with Crippen molar-refractivity contribution in [3.05, 3.63) is 30.0 Å². The van der Waals surface area contributed by atoms with Crippen LogP contribution in [0.3, 0.4) is 0 Å². The van der Waals surface area contributed by atoms with E-state index in [1.807, 2.05) is 6.26 Å². The van der Waals surface area contributed by atoms with E-state index in [-0.39, 0.29) is 11.5 Å². The van der Waals surface area contributed by atoms with Crippen molar-refractivity contribution in [1.82, 2.24) is 5.16 Å². The second-order valence-corrected chi connectivity index (χ2v) is 4.06. The first-order valence-electron chi connectivity index (χ1n) is 4.70. The third-order valence-electron chi connectivity index (χ3n) is 2.20. The third kappa shape index (κ3) is 2.12. The highest BCUT2D eigenvalue weighted by molar-refractivity contribution is 7.98. The summed E-state index contributed by atoms with van der Waals surface area (Å²) < 4.78 is 4.68. The molecular formula is C11H9NO4S. The second-order valence-electron chi connectivity index (χ2n) is 3.24. The summed E-state index contributed by atoms with van der Waals surface area (Å²) in [4.78, 5) is 11.3. The Morgan fingerprint density at radius 3 is 2.82 bits per heavy atom. The highest BCUT2D eigenvalue weighted by atomic mass is 32.2. The Morgan fingerprint density at radius 2 is 2.24 bits per heavy atom. The lowest BCUT2D eigenvalue weighted by Gasteiger charge is -2.05. The minimum atomic E-state index is -1.17. The van der Waals surface area contributed by atoms with E-state index >= 15 is 0 Å². The number of carboxylic acids is 1. The minimum absolute atomic E-state index is 0.134. The molecule has 0 fully saturated rings. The van der Waals surface area contributed by atoms with Gasteiger partial charge in [0.1, 0.15) is 11.4 Å². The van der Waals surface area contributed by atoms with E-state index in [1.54, 1.807) is 18.2 Å². The molecule has 1 aromatic carbocycles. The number of thioether (sulfide) groups is 1. The molecule has 0 aliphatic carbocycles. The molecule has 2 rings (SSSR count). The molecule has 0 unspecified atom stereocenters. The van der Waals surface area contributed by atoms with Crippen LogP contribution in [0.4, 0.5) is 0 Å². The van der Waals surface area contributed by atoms with Crippen LogP contribution >= 0.6 is 11.8 Å². The number of carbonyl (C=O) groups is 1. The summed E-state index contributed by atoms with van der Waals surface area (Å²) in [7, 11) is 0. The van der Waals surface area contributed by atoms with Crippen LogP contribution in [0.25, 0.3) is 11.3 Å². The highest BCUT2D eigenvalue weighted by Gasteiger charge is 2.16. The molecule has 0 saturated carbocycles. The summed E-state index contributed by atoms with van der Waals surface area (Å²) in [6.45, 7) is 0. The molecule has 5 nitrogen and oxygen atoms in total. The maximum absolute atomic E-state index is 10.7. The van der Waals surface area contributed by atoms with Crippen LogP contribution in [0.5, 0.6) is 5.75 Å². The Balaban J connectivity index is 2.52. The van der Waals surface area contributed by atoms with Crippen molar-refractivity contribution in [1.29, 1.82) is 0 Å². The molecule has 0 bridgehead atoms. The fourth-order valence-electron chi connectivity index (χ4n) is 1.44. The number of nitrogens with zero attached hydrogens (tertiary/aromatic N) is 1. The van der Waals surface area contributed by atoms with Gasteiger partial charge in [-0.05, 0) is 12.3 Å². The Labute approximate surface area is 101 Å². The first-order valence-corrected chi connectivity index (χ1v) is 5.92. The van der Waals surface area contributed by atoms with Crippen molar-refractivity contribution in [2.45, 2.75) is 4.90 Å². The van der Waals surface area contributed by atoms with Crippen LogP contribution < -0.4 is 0 Å². The lowest BCUT2D eigenvalue weighted by atomic mass is 10.1. The zero-order valence-corrected chi connectivity index (χ0v) is 9.69. The van der Waals surface area contributed by atoms with Crippen molar-refractivity contribution in [2.75, 3.05) is 6.26 Å². The SMILES string of the molecule is CSc1c(O)cccc1-c1cc(C(=O)O)on1. The summed E-state index contributed by atoms with van der Waals surface area (Å²) in [5.41, 5.74) is 1.04. The minimum Gasteiger partial charge on any atom is -0.507 e. The summed E-state index contributed by atoms with van der Waals surface area (Å²) in [6, 6.07) is 6.30. The highest BCUT2D eigenvalue weighted by Crippen LogP contribution is 2.36. The van der Waals surface area contributed by atoms with Gasteiger partial charge in [-0.2, -0.15) is 0 Å². The topological polar surface area (TPSA) is 83.6 Å². The molecule has 88 valence electrons. The summed E-state index contributed by atoms with van der Waals surface area (Å²) >= 11 is 1.36. The molecule has 0 spiro atoms. The molecule has 1 aromatic heterocycles. The van der Waals surface area contributed by atoms with E-state index in [0.29, 0.717) is 16.2 Å². The Kier molecular flexibility index (Phi) is 3.06. The van der Waals surface area contributed by atoms with Gasteiger partial charge in [-0.15, -0.1) is 11.8 Å². The number of rotatable bonds is 3. The molecule has 2 N–H and O–H groups in total. The van der Waals surface area contributed by atoms with Gasteiger partial charge >= 0.3 is 5.97 Å². The standard InChI is InChI=1S/C11H9NO4S/c1-17-10-6(3-2-4-8(10)13)7-5-9(11(14)15)16-12-7/h2-5,13H,1H3,(H,14,15). The Morgan fingerprint density at radius 1 is 1.47 bits per heavy atom. The Hall–Kier alpha value is -1.95. The van der Waals surface area contributed by atoms with Gasteiger partial charge in [-0.1, -0.05) is 17.3 Å². The average Bonchev–Trinajstić information content (AvgIpc) is 2.77. The number of hydrogen-bond acceptors (Lipinski definition) is 5. The molecule has 0 atom stereocenters. The first kappa shape index (κ1) is 11.5. The van der Waals surface area contributed by atoms with E-state index < -0.39 is 5.97 Å². The largest absolute Gasteiger partial charge is 0.507 e. The molecule has 2 aromatic rings. The van der Waals surface area contributed by atoms with Crippen LogP contribution in [0.2, 0.25) is 0 Å². The second kappa shape index (κ2) is 4.50. The van der Waals surface area contributed by atoms with E-state index in [1.165, 1.54) is 17.8 Å². The van der Waals surface area contributed by atoms with Crippen LogP contribution in [-0.2, 0) is 0 Å². The van der Waals surface area contributed by atoms with Gasteiger partial charge in [-0.3, -0.25) is 0 Å². The fourth-order valence-corrected chi connectivity index (χ4v) is 2.11. The predicted octanol–water partition coefficient (Wildman–Crippen LogP) is 2.47. The summed E-state index contributed by atoms with van der Waals surface area (Å²) in [6.07, 6.45) is 1.82. The van der Waals surface area contributed by atoms with E-state index in [0.717, 1.165) is 0 Å². The van der Waals surface area contributed by atoms with Crippen molar-refractivity contribution in [3.8, 4) is 17.0 Å². The number of phenols is 1. The molecular weight excluding hydrogens is 242 g/mol. The number of benzene rings is 1. The maximum Gasteiger partial charge on any atom is 0.374 e. The van der Waals surface area contributed by atoms with E-state index in [2.05, 4.69) is 9.68 Å². The first-order chi connectivity index (χ1) is 8.13. The zero-order chi connectivity index (χ0) is 12.4.